The number of carbonyl (C=O) groups is 1. The van der Waals surface area contributed by atoms with Gasteiger partial charge in [0.2, 0.25) is 5.91 Å². The van der Waals surface area contributed by atoms with Gasteiger partial charge in [0.25, 0.3) is 5.56 Å². The number of carbonyl (C=O) groups excluding carboxylic acids is 1. The van der Waals surface area contributed by atoms with Crippen molar-refractivity contribution in [2.75, 3.05) is 11.9 Å². The van der Waals surface area contributed by atoms with Crippen molar-refractivity contribution in [3.63, 3.8) is 0 Å². The van der Waals surface area contributed by atoms with Crippen molar-refractivity contribution in [1.29, 1.82) is 0 Å². The highest BCUT2D eigenvalue weighted by Crippen LogP contribution is 2.30. The van der Waals surface area contributed by atoms with Crippen LogP contribution in [0.2, 0.25) is 5.15 Å². The van der Waals surface area contributed by atoms with E-state index in [9.17, 15) is 27.9 Å². The van der Waals surface area contributed by atoms with E-state index in [0.717, 1.165) is 16.7 Å². The first kappa shape index (κ1) is 23.4. The molecule has 168 valence electrons. The number of aliphatic hydroxyl groups is 1. The summed E-state index contributed by atoms with van der Waals surface area (Å²) in [6.07, 6.45) is -3.06. The van der Waals surface area contributed by atoms with Crippen molar-refractivity contribution in [2.24, 2.45) is 0 Å². The average molecular weight is 467 g/mol. The van der Waals surface area contributed by atoms with Crippen molar-refractivity contribution >= 4 is 23.2 Å². The van der Waals surface area contributed by atoms with Gasteiger partial charge in [-0.15, -0.1) is 0 Å². The van der Waals surface area contributed by atoms with Crippen LogP contribution in [0.15, 0.2) is 47.4 Å². The highest BCUT2D eigenvalue weighted by molar-refractivity contribution is 6.32. The summed E-state index contributed by atoms with van der Waals surface area (Å²) in [7, 11) is 0. The Kier molecular flexibility index (Phi) is 6.95. The molecule has 2 heterocycles. The molecule has 7 nitrogen and oxygen atoms in total. The van der Waals surface area contributed by atoms with Crippen molar-refractivity contribution in [1.82, 2.24) is 14.5 Å². The summed E-state index contributed by atoms with van der Waals surface area (Å²) in [5.41, 5.74) is -0.456. The molecule has 3 rings (SSSR count). The standard InChI is InChI=1S/C21H18ClF3N4O3/c1-12-15(8-10-30)20(32)29(11-17(31)28-16-3-2-9-26-18(16)22)19(27-12)13-4-6-14(7-5-13)21(23,24)25/h2-7,9,30H,8,10-11H2,1H3,(H,28,31). The number of aliphatic hydroxyl groups excluding tert-OH is 1. The summed E-state index contributed by atoms with van der Waals surface area (Å²) >= 11 is 5.94. The Labute approximate surface area is 185 Å². The number of halogens is 4. The van der Waals surface area contributed by atoms with Gasteiger partial charge in [-0.2, -0.15) is 13.2 Å². The molecule has 3 aromatic rings. The van der Waals surface area contributed by atoms with Crippen molar-refractivity contribution in [2.45, 2.75) is 26.1 Å². The number of nitrogens with one attached hydrogen (secondary N) is 1. The van der Waals surface area contributed by atoms with Crippen LogP contribution in [0.4, 0.5) is 18.9 Å². The highest BCUT2D eigenvalue weighted by atomic mass is 35.5. The number of amides is 1. The van der Waals surface area contributed by atoms with Gasteiger partial charge in [-0.1, -0.05) is 23.7 Å². The van der Waals surface area contributed by atoms with Crippen LogP contribution in [-0.2, 0) is 23.9 Å². The summed E-state index contributed by atoms with van der Waals surface area (Å²) in [5, 5.41) is 11.9. The normalized spacial score (nSPS) is 11.4. The molecule has 32 heavy (non-hydrogen) atoms. The predicted molar refractivity (Wildman–Crippen MR) is 112 cm³/mol. The van der Waals surface area contributed by atoms with E-state index in [1.165, 1.54) is 24.4 Å². The van der Waals surface area contributed by atoms with Gasteiger partial charge in [0.1, 0.15) is 12.4 Å². The molecule has 0 saturated carbocycles. The van der Waals surface area contributed by atoms with Crippen LogP contribution < -0.4 is 10.9 Å². The fourth-order valence-corrected chi connectivity index (χ4v) is 3.25. The van der Waals surface area contributed by atoms with Crippen LogP contribution in [0.5, 0.6) is 0 Å². The Morgan fingerprint density at radius 1 is 1.22 bits per heavy atom. The minimum absolute atomic E-state index is 0.0149. The zero-order chi connectivity index (χ0) is 23.5. The minimum atomic E-state index is -4.52. The molecular formula is C21H18ClF3N4O3. The lowest BCUT2D eigenvalue weighted by molar-refractivity contribution is -0.137. The fraction of sp³-hybridized carbons (Fsp3) is 0.238. The molecule has 0 aliphatic carbocycles. The second-order valence-corrected chi connectivity index (χ2v) is 7.19. The third-order valence-corrected chi connectivity index (χ3v) is 4.94. The number of aryl methyl sites for hydroxylation is 1. The molecule has 2 N–H and O–H groups in total. The zero-order valence-corrected chi connectivity index (χ0v) is 17.5. The van der Waals surface area contributed by atoms with Crippen molar-refractivity contribution < 1.29 is 23.1 Å². The highest BCUT2D eigenvalue weighted by Gasteiger charge is 2.30. The number of alkyl halides is 3. The molecule has 2 aromatic heterocycles. The Morgan fingerprint density at radius 2 is 1.91 bits per heavy atom. The lowest BCUT2D eigenvalue weighted by Gasteiger charge is -2.16. The summed E-state index contributed by atoms with van der Waals surface area (Å²) in [6, 6.07) is 7.20. The quantitative estimate of drug-likeness (QED) is 0.542. The molecule has 1 amide bonds. The summed E-state index contributed by atoms with van der Waals surface area (Å²) in [6.45, 7) is 0.765. The zero-order valence-electron chi connectivity index (χ0n) is 16.8. The van der Waals surface area contributed by atoms with E-state index in [4.69, 9.17) is 11.6 Å². The Morgan fingerprint density at radius 3 is 2.50 bits per heavy atom. The van der Waals surface area contributed by atoms with Crippen molar-refractivity contribution in [3.8, 4) is 11.4 Å². The van der Waals surface area contributed by atoms with Crippen LogP contribution in [0, 0.1) is 6.92 Å². The van der Waals surface area contributed by atoms with E-state index in [1.54, 1.807) is 13.0 Å². The van der Waals surface area contributed by atoms with Gasteiger partial charge in [0.15, 0.2) is 5.15 Å². The smallest absolute Gasteiger partial charge is 0.396 e. The van der Waals surface area contributed by atoms with Gasteiger partial charge in [-0.25, -0.2) is 9.97 Å². The van der Waals surface area contributed by atoms with Gasteiger partial charge < -0.3 is 10.4 Å². The molecule has 0 saturated heterocycles. The van der Waals surface area contributed by atoms with Crippen molar-refractivity contribution in [3.05, 3.63) is 74.9 Å². The second kappa shape index (κ2) is 9.49. The van der Waals surface area contributed by atoms with E-state index in [1.807, 2.05) is 0 Å². The fourth-order valence-electron chi connectivity index (χ4n) is 3.09. The van der Waals surface area contributed by atoms with Crippen LogP contribution >= 0.6 is 11.6 Å². The number of rotatable bonds is 6. The second-order valence-electron chi connectivity index (χ2n) is 6.83. The SMILES string of the molecule is Cc1nc(-c2ccc(C(F)(F)F)cc2)n(CC(=O)Nc2cccnc2Cl)c(=O)c1CCO. The van der Waals surface area contributed by atoms with E-state index >= 15 is 0 Å². The summed E-state index contributed by atoms with van der Waals surface area (Å²) < 4.78 is 39.8. The maximum Gasteiger partial charge on any atom is 0.416 e. The number of nitrogens with zero attached hydrogens (tertiary/aromatic N) is 3. The molecule has 0 spiro atoms. The van der Waals surface area contributed by atoms with Crippen LogP contribution in [-0.4, -0.2) is 32.2 Å². The Bertz CT molecular complexity index is 1190. The van der Waals surface area contributed by atoms with Crippen LogP contribution in [0.25, 0.3) is 11.4 Å². The van der Waals surface area contributed by atoms with Gasteiger partial charge in [-0.05, 0) is 31.2 Å². The summed E-state index contributed by atoms with van der Waals surface area (Å²) in [5.74, 6) is -0.592. The Hall–Kier alpha value is -3.24. The third-order valence-electron chi connectivity index (χ3n) is 4.64. The van der Waals surface area contributed by atoms with E-state index < -0.39 is 29.8 Å². The first-order valence-electron chi connectivity index (χ1n) is 9.41. The van der Waals surface area contributed by atoms with Gasteiger partial charge in [0.05, 0.1) is 11.3 Å². The molecule has 0 atom stereocenters. The lowest BCUT2D eigenvalue weighted by Crippen LogP contribution is -2.33. The largest absolute Gasteiger partial charge is 0.416 e. The number of aromatic nitrogens is 3. The molecule has 0 unspecified atom stereocenters. The van der Waals surface area contributed by atoms with E-state index in [2.05, 4.69) is 15.3 Å². The number of pyridine rings is 1. The number of hydrogen-bond acceptors (Lipinski definition) is 5. The lowest BCUT2D eigenvalue weighted by atomic mass is 10.1. The molecule has 11 heteroatoms. The molecule has 0 radical (unpaired) electrons. The molecule has 0 aliphatic heterocycles. The molecule has 1 aromatic carbocycles. The van der Waals surface area contributed by atoms with Gasteiger partial charge in [0, 0.05) is 36.0 Å². The molecule has 0 bridgehead atoms. The predicted octanol–water partition coefficient (Wildman–Crippen LogP) is 3.46. The van der Waals surface area contributed by atoms with Gasteiger partial charge in [-0.3, -0.25) is 14.2 Å². The minimum Gasteiger partial charge on any atom is -0.396 e. The Balaban J connectivity index is 2.04. The molecule has 0 fully saturated rings. The van der Waals surface area contributed by atoms with Crippen LogP contribution in [0.3, 0.4) is 0 Å². The van der Waals surface area contributed by atoms with Crippen LogP contribution in [0.1, 0.15) is 16.8 Å². The number of benzene rings is 1. The number of hydrogen-bond donors (Lipinski definition) is 2. The number of anilines is 1. The topological polar surface area (TPSA) is 97.1 Å². The maximum absolute atomic E-state index is 13.1. The molecular weight excluding hydrogens is 449 g/mol. The average Bonchev–Trinajstić information content (AvgIpc) is 2.74. The maximum atomic E-state index is 13.1. The first-order chi connectivity index (χ1) is 15.1. The first-order valence-corrected chi connectivity index (χ1v) is 9.78. The molecule has 0 aliphatic rings. The van der Waals surface area contributed by atoms with Gasteiger partial charge >= 0.3 is 6.18 Å². The summed E-state index contributed by atoms with van der Waals surface area (Å²) in [4.78, 5) is 33.9. The third kappa shape index (κ3) is 5.14. The van der Waals surface area contributed by atoms with E-state index in [-0.39, 0.29) is 40.8 Å². The van der Waals surface area contributed by atoms with E-state index in [0.29, 0.717) is 5.69 Å². The monoisotopic (exact) mass is 466 g/mol.